The molecule has 3 aromatic carbocycles. The summed E-state index contributed by atoms with van der Waals surface area (Å²) in [5.41, 5.74) is 2.97. The zero-order valence-corrected chi connectivity index (χ0v) is 21.9. The van der Waals surface area contributed by atoms with Gasteiger partial charge in [-0.3, -0.25) is 4.79 Å². The summed E-state index contributed by atoms with van der Waals surface area (Å²) in [5, 5.41) is 0.117. The van der Waals surface area contributed by atoms with Crippen molar-refractivity contribution in [3.63, 3.8) is 0 Å². The van der Waals surface area contributed by atoms with Gasteiger partial charge in [0.05, 0.1) is 16.4 Å². The lowest BCUT2D eigenvalue weighted by atomic mass is 9.99. The molecule has 1 atom stereocenters. The van der Waals surface area contributed by atoms with Crippen molar-refractivity contribution in [2.24, 2.45) is 0 Å². The Morgan fingerprint density at radius 3 is 2.27 bits per heavy atom. The summed E-state index contributed by atoms with van der Waals surface area (Å²) in [4.78, 5) is 39.7. The van der Waals surface area contributed by atoms with Crippen molar-refractivity contribution in [2.45, 2.75) is 40.9 Å². The Bertz CT molecular complexity index is 1380. The number of carbonyl (C=O) groups excluding carboxylic acids is 3. The fraction of sp³-hybridized carbons (Fsp3) is 0.207. The van der Waals surface area contributed by atoms with Crippen LogP contribution in [0.1, 0.15) is 47.8 Å². The fourth-order valence-corrected chi connectivity index (χ4v) is 3.85. The molecule has 6 nitrogen and oxygen atoms in total. The first-order chi connectivity index (χ1) is 17.5. The number of rotatable bonds is 7. The van der Waals surface area contributed by atoms with Crippen molar-refractivity contribution < 1.29 is 28.2 Å². The van der Waals surface area contributed by atoms with Crippen LogP contribution in [0.2, 0.25) is 5.02 Å². The number of amides is 1. The van der Waals surface area contributed by atoms with Gasteiger partial charge < -0.3 is 9.47 Å². The minimum absolute atomic E-state index is 0.117. The quantitative estimate of drug-likeness (QED) is 0.139. The first-order valence-corrected chi connectivity index (χ1v) is 11.9. The standard InChI is InChI=1S/C29H27ClFNO5/c1-6-17(2)28(34)36-20(5)37-29(35)32(26-14-11-21(31)15-19(26)4)22-12-13-24(25(30)16-22)27(33)23-10-8-7-9-18(23)3/h6-16,20H,1-5H3/b17-6+. The van der Waals surface area contributed by atoms with Gasteiger partial charge in [0.2, 0.25) is 6.29 Å². The van der Waals surface area contributed by atoms with E-state index >= 15 is 0 Å². The minimum Gasteiger partial charge on any atom is -0.422 e. The Labute approximate surface area is 220 Å². The molecule has 0 bridgehead atoms. The summed E-state index contributed by atoms with van der Waals surface area (Å²) in [5.74, 6) is -1.37. The van der Waals surface area contributed by atoms with E-state index in [4.69, 9.17) is 21.1 Å². The van der Waals surface area contributed by atoms with E-state index in [9.17, 15) is 18.8 Å². The molecule has 0 fully saturated rings. The lowest BCUT2D eigenvalue weighted by Gasteiger charge is -2.26. The molecule has 0 saturated carbocycles. The van der Waals surface area contributed by atoms with Gasteiger partial charge in [-0.05, 0) is 75.2 Å². The second-order valence-electron chi connectivity index (χ2n) is 8.40. The van der Waals surface area contributed by atoms with E-state index in [2.05, 4.69) is 0 Å². The van der Waals surface area contributed by atoms with Crippen molar-refractivity contribution in [3.05, 3.63) is 105 Å². The maximum Gasteiger partial charge on any atom is 0.422 e. The Hall–Kier alpha value is -3.97. The number of anilines is 2. The van der Waals surface area contributed by atoms with E-state index in [1.165, 1.54) is 42.2 Å². The third-order valence-electron chi connectivity index (χ3n) is 5.72. The van der Waals surface area contributed by atoms with Crippen molar-refractivity contribution in [1.82, 2.24) is 0 Å². The normalized spacial score (nSPS) is 12.0. The van der Waals surface area contributed by atoms with Crippen LogP contribution in [-0.2, 0) is 14.3 Å². The van der Waals surface area contributed by atoms with Crippen LogP contribution >= 0.6 is 11.6 Å². The average molecular weight is 524 g/mol. The van der Waals surface area contributed by atoms with Crippen molar-refractivity contribution >= 4 is 40.8 Å². The smallest absolute Gasteiger partial charge is 0.422 e. The molecule has 0 aliphatic rings. The van der Waals surface area contributed by atoms with E-state index in [1.54, 1.807) is 45.0 Å². The Balaban J connectivity index is 1.99. The zero-order valence-electron chi connectivity index (χ0n) is 21.2. The molecular formula is C29H27ClFNO5. The van der Waals surface area contributed by atoms with Gasteiger partial charge in [-0.1, -0.05) is 41.9 Å². The fourth-order valence-electron chi connectivity index (χ4n) is 3.59. The zero-order chi connectivity index (χ0) is 27.3. The summed E-state index contributed by atoms with van der Waals surface area (Å²) in [6.07, 6.45) is -0.523. The van der Waals surface area contributed by atoms with Crippen molar-refractivity contribution in [3.8, 4) is 0 Å². The molecule has 0 heterocycles. The Morgan fingerprint density at radius 2 is 1.65 bits per heavy atom. The summed E-state index contributed by atoms with van der Waals surface area (Å²) in [6.45, 7) is 8.13. The first kappa shape index (κ1) is 27.6. The summed E-state index contributed by atoms with van der Waals surface area (Å²) in [6, 6.07) is 15.6. The summed E-state index contributed by atoms with van der Waals surface area (Å²) >= 11 is 6.52. The van der Waals surface area contributed by atoms with Gasteiger partial charge in [0.25, 0.3) is 0 Å². The number of esters is 1. The highest BCUT2D eigenvalue weighted by Crippen LogP contribution is 2.34. The highest BCUT2D eigenvalue weighted by Gasteiger charge is 2.26. The molecular weight excluding hydrogens is 497 g/mol. The third-order valence-corrected chi connectivity index (χ3v) is 6.03. The van der Waals surface area contributed by atoms with E-state index in [0.29, 0.717) is 22.4 Å². The number of ketones is 1. The van der Waals surface area contributed by atoms with Gasteiger partial charge in [-0.2, -0.15) is 0 Å². The van der Waals surface area contributed by atoms with Crippen LogP contribution in [0, 0.1) is 19.7 Å². The van der Waals surface area contributed by atoms with Gasteiger partial charge in [0.15, 0.2) is 5.78 Å². The Morgan fingerprint density at radius 1 is 0.946 bits per heavy atom. The number of ether oxygens (including phenoxy) is 2. The second-order valence-corrected chi connectivity index (χ2v) is 8.81. The number of hydrogen-bond donors (Lipinski definition) is 0. The summed E-state index contributed by atoms with van der Waals surface area (Å²) < 4.78 is 24.4. The number of halogens is 2. The molecule has 0 aromatic heterocycles. The number of aryl methyl sites for hydroxylation is 2. The number of nitrogens with zero attached hydrogens (tertiary/aromatic N) is 1. The molecule has 0 saturated heterocycles. The van der Waals surface area contributed by atoms with Crippen LogP contribution in [0.4, 0.5) is 20.6 Å². The summed E-state index contributed by atoms with van der Waals surface area (Å²) in [7, 11) is 0. The SMILES string of the molecule is C/C=C(\C)C(=O)OC(C)OC(=O)N(c1ccc(C(=O)c2ccccc2C)c(Cl)c1)c1ccc(F)cc1C. The van der Waals surface area contributed by atoms with Crippen LogP contribution in [0.5, 0.6) is 0 Å². The molecule has 1 unspecified atom stereocenters. The molecule has 0 spiro atoms. The van der Waals surface area contributed by atoms with E-state index < -0.39 is 24.2 Å². The molecule has 0 N–H and O–H groups in total. The molecule has 0 aliphatic carbocycles. The van der Waals surface area contributed by atoms with Gasteiger partial charge in [0.1, 0.15) is 5.82 Å². The van der Waals surface area contributed by atoms with Gasteiger partial charge in [0, 0.05) is 23.6 Å². The number of allylic oxidation sites excluding steroid dienone is 1. The van der Waals surface area contributed by atoms with Crippen molar-refractivity contribution in [2.75, 3.05) is 4.90 Å². The molecule has 0 aliphatic heterocycles. The highest BCUT2D eigenvalue weighted by atomic mass is 35.5. The van der Waals surface area contributed by atoms with Crippen molar-refractivity contribution in [1.29, 1.82) is 0 Å². The lowest BCUT2D eigenvalue weighted by molar-refractivity contribution is -0.159. The number of hydrogen-bond acceptors (Lipinski definition) is 5. The minimum atomic E-state index is -1.21. The molecule has 3 aromatic rings. The van der Waals surface area contributed by atoms with E-state index in [-0.39, 0.29) is 22.1 Å². The number of benzene rings is 3. The van der Waals surface area contributed by atoms with Crippen LogP contribution in [0.25, 0.3) is 0 Å². The second kappa shape index (κ2) is 11.8. The Kier molecular flexibility index (Phi) is 8.84. The average Bonchev–Trinajstić information content (AvgIpc) is 2.84. The van der Waals surface area contributed by atoms with Crippen LogP contribution in [0.15, 0.2) is 72.3 Å². The van der Waals surface area contributed by atoms with Gasteiger partial charge in [-0.15, -0.1) is 0 Å². The molecule has 3 rings (SSSR count). The maximum absolute atomic E-state index is 13.8. The third kappa shape index (κ3) is 6.43. The highest BCUT2D eigenvalue weighted by molar-refractivity contribution is 6.35. The topological polar surface area (TPSA) is 72.9 Å². The first-order valence-electron chi connectivity index (χ1n) is 11.5. The molecule has 0 radical (unpaired) electrons. The molecule has 192 valence electrons. The molecule has 8 heteroatoms. The number of carbonyl (C=O) groups is 3. The van der Waals surface area contributed by atoms with Crippen LogP contribution < -0.4 is 4.90 Å². The van der Waals surface area contributed by atoms with E-state index in [0.717, 1.165) is 5.56 Å². The lowest BCUT2D eigenvalue weighted by Crippen LogP contribution is -2.32. The van der Waals surface area contributed by atoms with E-state index in [1.807, 2.05) is 19.1 Å². The predicted octanol–water partition coefficient (Wildman–Crippen LogP) is 7.46. The van der Waals surface area contributed by atoms with Crippen LogP contribution in [0.3, 0.4) is 0 Å². The largest absolute Gasteiger partial charge is 0.422 e. The van der Waals surface area contributed by atoms with Gasteiger partial charge in [-0.25, -0.2) is 18.9 Å². The van der Waals surface area contributed by atoms with Gasteiger partial charge >= 0.3 is 12.1 Å². The predicted molar refractivity (Wildman–Crippen MR) is 141 cm³/mol. The molecule has 1 amide bonds. The molecule has 37 heavy (non-hydrogen) atoms. The monoisotopic (exact) mass is 523 g/mol. The maximum atomic E-state index is 13.8. The van der Waals surface area contributed by atoms with Crippen LogP contribution in [-0.4, -0.2) is 24.1 Å².